The zero-order valence-corrected chi connectivity index (χ0v) is 17.2. The molecule has 150 valence electrons. The van der Waals surface area contributed by atoms with Crippen LogP contribution in [0.15, 0.2) is 64.5 Å². The largest absolute Gasteiger partial charge is 0.341 e. The molecule has 1 amide bonds. The zero-order chi connectivity index (χ0) is 20.5. The molecule has 2 aromatic carbocycles. The van der Waals surface area contributed by atoms with Crippen molar-refractivity contribution >= 4 is 17.2 Å². The molecule has 1 aliphatic rings. The third-order valence-corrected chi connectivity index (χ3v) is 6.09. The summed E-state index contributed by atoms with van der Waals surface area (Å²) in [6.45, 7) is 1.82. The minimum atomic E-state index is -0.394. The number of amides is 1. The first-order valence-corrected chi connectivity index (χ1v) is 10.8. The molecule has 1 atom stereocenters. The molecule has 1 unspecified atom stereocenters. The number of carbonyl (C=O) groups is 1. The van der Waals surface area contributed by atoms with Gasteiger partial charge in [0.1, 0.15) is 6.04 Å². The van der Waals surface area contributed by atoms with E-state index < -0.39 is 6.04 Å². The molecule has 1 N–H and O–H groups in total. The molecule has 5 rings (SSSR count). The van der Waals surface area contributed by atoms with Crippen LogP contribution in [0.4, 0.5) is 0 Å². The van der Waals surface area contributed by atoms with Crippen LogP contribution in [-0.4, -0.2) is 21.0 Å². The van der Waals surface area contributed by atoms with Crippen LogP contribution >= 0.6 is 11.3 Å². The van der Waals surface area contributed by atoms with Crippen molar-refractivity contribution in [3.05, 3.63) is 76.4 Å². The van der Waals surface area contributed by atoms with E-state index in [-0.39, 0.29) is 5.91 Å². The first-order valence-electron chi connectivity index (χ1n) is 9.93. The standard InChI is InChI=1S/C23H20N4O2S/c1-14(24-21(28)17-5-3-2-4-6-17)22-26-20(27-29-22)16-9-7-15(8-10-16)19-13-30-23(25-19)18-11-12-18/h2-10,13-14,18H,11-12H2,1H3,(H,24,28). The topological polar surface area (TPSA) is 80.9 Å². The second-order valence-corrected chi connectivity index (χ2v) is 8.33. The van der Waals surface area contributed by atoms with Gasteiger partial charge in [-0.15, -0.1) is 11.3 Å². The maximum atomic E-state index is 12.3. The number of benzene rings is 2. The van der Waals surface area contributed by atoms with Gasteiger partial charge in [-0.05, 0) is 31.9 Å². The van der Waals surface area contributed by atoms with E-state index in [1.165, 1.54) is 17.8 Å². The van der Waals surface area contributed by atoms with E-state index in [9.17, 15) is 4.79 Å². The molecule has 4 aromatic rings. The average Bonchev–Trinajstić information content (AvgIpc) is 3.31. The number of carbonyl (C=O) groups excluding carboxylic acids is 1. The quantitative estimate of drug-likeness (QED) is 0.465. The van der Waals surface area contributed by atoms with E-state index in [0.717, 1.165) is 16.8 Å². The van der Waals surface area contributed by atoms with E-state index in [1.807, 2.05) is 49.4 Å². The van der Waals surface area contributed by atoms with Crippen LogP contribution < -0.4 is 5.32 Å². The van der Waals surface area contributed by atoms with Crippen molar-refractivity contribution in [2.45, 2.75) is 31.7 Å². The van der Waals surface area contributed by atoms with Crippen LogP contribution in [0, 0.1) is 0 Å². The lowest BCUT2D eigenvalue weighted by Crippen LogP contribution is -2.26. The summed E-state index contributed by atoms with van der Waals surface area (Å²) in [5, 5.41) is 10.3. The maximum absolute atomic E-state index is 12.3. The van der Waals surface area contributed by atoms with Gasteiger partial charge in [0.15, 0.2) is 0 Å². The fourth-order valence-electron chi connectivity index (χ4n) is 3.19. The number of nitrogens with one attached hydrogen (secondary N) is 1. The molecule has 0 saturated heterocycles. The van der Waals surface area contributed by atoms with Crippen molar-refractivity contribution in [1.29, 1.82) is 0 Å². The van der Waals surface area contributed by atoms with Crippen LogP contribution in [-0.2, 0) is 0 Å². The van der Waals surface area contributed by atoms with E-state index in [4.69, 9.17) is 9.51 Å². The molecule has 30 heavy (non-hydrogen) atoms. The summed E-state index contributed by atoms with van der Waals surface area (Å²) in [4.78, 5) is 21.5. The molecular weight excluding hydrogens is 396 g/mol. The van der Waals surface area contributed by atoms with Gasteiger partial charge in [0.2, 0.25) is 11.7 Å². The van der Waals surface area contributed by atoms with Gasteiger partial charge in [-0.1, -0.05) is 47.6 Å². The van der Waals surface area contributed by atoms with Crippen molar-refractivity contribution < 1.29 is 9.32 Å². The highest BCUT2D eigenvalue weighted by atomic mass is 32.1. The Kier molecular flexibility index (Phi) is 4.88. The lowest BCUT2D eigenvalue weighted by molar-refractivity contribution is 0.0932. The normalized spacial score (nSPS) is 14.4. The summed E-state index contributed by atoms with van der Waals surface area (Å²) >= 11 is 1.74. The number of aromatic nitrogens is 3. The second-order valence-electron chi connectivity index (χ2n) is 7.44. The van der Waals surface area contributed by atoms with Gasteiger partial charge in [-0.3, -0.25) is 4.79 Å². The van der Waals surface area contributed by atoms with Gasteiger partial charge in [0.25, 0.3) is 5.91 Å². The highest BCUT2D eigenvalue weighted by Gasteiger charge is 2.26. The molecule has 1 saturated carbocycles. The van der Waals surface area contributed by atoms with Crippen molar-refractivity contribution in [2.75, 3.05) is 0 Å². The predicted octanol–water partition coefficient (Wildman–Crippen LogP) is 5.23. The number of nitrogens with zero attached hydrogens (tertiary/aromatic N) is 3. The van der Waals surface area contributed by atoms with Crippen LogP contribution in [0.1, 0.15) is 53.0 Å². The Morgan fingerprint density at radius 3 is 2.53 bits per heavy atom. The Hall–Kier alpha value is -3.32. The third-order valence-electron chi connectivity index (χ3n) is 5.08. The minimum Gasteiger partial charge on any atom is -0.341 e. The molecule has 6 nitrogen and oxygen atoms in total. The molecule has 0 spiro atoms. The lowest BCUT2D eigenvalue weighted by Gasteiger charge is -2.09. The molecule has 2 aromatic heterocycles. The van der Waals surface area contributed by atoms with E-state index in [0.29, 0.717) is 23.2 Å². The van der Waals surface area contributed by atoms with Crippen molar-refractivity contribution in [3.8, 4) is 22.6 Å². The predicted molar refractivity (Wildman–Crippen MR) is 115 cm³/mol. The minimum absolute atomic E-state index is 0.180. The lowest BCUT2D eigenvalue weighted by atomic mass is 10.1. The van der Waals surface area contributed by atoms with Gasteiger partial charge in [0.05, 0.1) is 10.7 Å². The van der Waals surface area contributed by atoms with Gasteiger partial charge in [-0.25, -0.2) is 4.98 Å². The molecule has 0 bridgehead atoms. The van der Waals surface area contributed by atoms with Crippen LogP contribution in [0.25, 0.3) is 22.6 Å². The summed E-state index contributed by atoms with van der Waals surface area (Å²) in [7, 11) is 0. The first-order chi connectivity index (χ1) is 14.7. The Morgan fingerprint density at radius 2 is 1.80 bits per heavy atom. The van der Waals surface area contributed by atoms with Gasteiger partial charge >= 0.3 is 0 Å². The Labute approximate surface area is 178 Å². The highest BCUT2D eigenvalue weighted by molar-refractivity contribution is 7.10. The fourth-order valence-corrected chi connectivity index (χ4v) is 4.19. The fraction of sp³-hybridized carbons (Fsp3) is 0.217. The first kappa shape index (κ1) is 18.7. The van der Waals surface area contributed by atoms with E-state index >= 15 is 0 Å². The number of hydrogen-bond acceptors (Lipinski definition) is 6. The van der Waals surface area contributed by atoms with Gasteiger partial charge in [0, 0.05) is 28.0 Å². The van der Waals surface area contributed by atoms with E-state index in [2.05, 4.69) is 20.8 Å². The molecule has 2 heterocycles. The van der Waals surface area contributed by atoms with Gasteiger partial charge in [-0.2, -0.15) is 4.98 Å². The molecule has 1 fully saturated rings. The van der Waals surface area contributed by atoms with Crippen molar-refractivity contribution in [3.63, 3.8) is 0 Å². The second kappa shape index (κ2) is 7.84. The molecule has 0 radical (unpaired) electrons. The molecule has 1 aliphatic carbocycles. The summed E-state index contributed by atoms with van der Waals surface area (Å²) in [5.41, 5.74) is 3.54. The maximum Gasteiger partial charge on any atom is 0.251 e. The molecular formula is C23H20N4O2S. The smallest absolute Gasteiger partial charge is 0.251 e. The monoisotopic (exact) mass is 416 g/mol. The summed E-state index contributed by atoms with van der Waals surface area (Å²) in [6, 6.07) is 16.6. The molecule has 7 heteroatoms. The third kappa shape index (κ3) is 3.89. The van der Waals surface area contributed by atoms with E-state index in [1.54, 1.807) is 23.5 Å². The highest BCUT2D eigenvalue weighted by Crippen LogP contribution is 2.42. The van der Waals surface area contributed by atoms with Crippen molar-refractivity contribution in [1.82, 2.24) is 20.4 Å². The molecule has 0 aliphatic heterocycles. The van der Waals surface area contributed by atoms with Crippen molar-refractivity contribution in [2.24, 2.45) is 0 Å². The number of hydrogen-bond donors (Lipinski definition) is 1. The Balaban J connectivity index is 1.28. The number of thiazole rings is 1. The number of rotatable bonds is 6. The van der Waals surface area contributed by atoms with Gasteiger partial charge < -0.3 is 9.84 Å². The van der Waals surface area contributed by atoms with Crippen LogP contribution in [0.3, 0.4) is 0 Å². The Morgan fingerprint density at radius 1 is 1.07 bits per heavy atom. The summed E-state index contributed by atoms with van der Waals surface area (Å²) in [5.74, 6) is 1.35. The zero-order valence-electron chi connectivity index (χ0n) is 16.4. The summed E-state index contributed by atoms with van der Waals surface area (Å²) < 4.78 is 5.38. The van der Waals surface area contributed by atoms with Crippen LogP contribution in [0.5, 0.6) is 0 Å². The van der Waals surface area contributed by atoms with Crippen LogP contribution in [0.2, 0.25) is 0 Å². The SMILES string of the molecule is CC(NC(=O)c1ccccc1)c1nc(-c2ccc(-c3csc(C4CC4)n3)cc2)no1. The average molecular weight is 417 g/mol. The Bertz CT molecular complexity index is 1160. The summed E-state index contributed by atoms with van der Waals surface area (Å²) in [6.07, 6.45) is 2.52.